The minimum absolute atomic E-state index is 0.170. The van der Waals surface area contributed by atoms with Crippen LogP contribution in [0, 0.1) is 11.8 Å². The summed E-state index contributed by atoms with van der Waals surface area (Å²) in [6.07, 6.45) is 7.61. The third-order valence-electron chi connectivity index (χ3n) is 3.60. The van der Waals surface area contributed by atoms with Crippen molar-refractivity contribution in [2.24, 2.45) is 11.8 Å². The van der Waals surface area contributed by atoms with Crippen molar-refractivity contribution < 1.29 is 10.2 Å². The molecule has 0 bridgehead atoms. The van der Waals surface area contributed by atoms with Crippen molar-refractivity contribution in [2.45, 2.75) is 58.0 Å². The molecule has 14 heavy (non-hydrogen) atoms. The molecule has 0 aromatic carbocycles. The van der Waals surface area contributed by atoms with Crippen LogP contribution in [0.4, 0.5) is 0 Å². The van der Waals surface area contributed by atoms with Crippen molar-refractivity contribution in [1.29, 1.82) is 0 Å². The molecule has 0 radical (unpaired) electrons. The Morgan fingerprint density at radius 3 is 2.79 bits per heavy atom. The number of hydrogen-bond donors (Lipinski definition) is 2. The number of aliphatic hydroxyl groups is 2. The van der Waals surface area contributed by atoms with Gasteiger partial charge in [-0.2, -0.15) is 0 Å². The van der Waals surface area contributed by atoms with E-state index in [1.165, 1.54) is 32.1 Å². The van der Waals surface area contributed by atoms with Crippen LogP contribution in [0.3, 0.4) is 0 Å². The van der Waals surface area contributed by atoms with Gasteiger partial charge in [-0.1, -0.05) is 26.2 Å². The zero-order valence-electron chi connectivity index (χ0n) is 9.28. The lowest BCUT2D eigenvalue weighted by molar-refractivity contribution is 0.0559. The molecule has 1 fully saturated rings. The first-order chi connectivity index (χ1) is 6.77. The molecule has 0 amide bonds. The third-order valence-corrected chi connectivity index (χ3v) is 3.60. The van der Waals surface area contributed by atoms with E-state index in [9.17, 15) is 5.11 Å². The lowest BCUT2D eigenvalue weighted by Crippen LogP contribution is -2.26. The predicted molar refractivity (Wildman–Crippen MR) is 58.1 cm³/mol. The Kier molecular flexibility index (Phi) is 5.49. The molecule has 3 atom stereocenters. The number of hydrogen-bond acceptors (Lipinski definition) is 2. The fourth-order valence-corrected chi connectivity index (χ4v) is 2.59. The largest absolute Gasteiger partial charge is 0.396 e. The van der Waals surface area contributed by atoms with Crippen molar-refractivity contribution in [3.8, 4) is 0 Å². The summed E-state index contributed by atoms with van der Waals surface area (Å²) < 4.78 is 0. The first-order valence-corrected chi connectivity index (χ1v) is 6.06. The molecule has 2 heteroatoms. The van der Waals surface area contributed by atoms with Crippen molar-refractivity contribution in [2.75, 3.05) is 6.61 Å². The van der Waals surface area contributed by atoms with E-state index in [1.807, 2.05) is 0 Å². The first-order valence-electron chi connectivity index (χ1n) is 6.06. The zero-order valence-corrected chi connectivity index (χ0v) is 9.28. The lowest BCUT2D eigenvalue weighted by Gasteiger charge is -2.31. The summed E-state index contributed by atoms with van der Waals surface area (Å²) in [4.78, 5) is 0. The normalized spacial score (nSPS) is 30.2. The van der Waals surface area contributed by atoms with Crippen LogP contribution in [-0.4, -0.2) is 22.9 Å². The van der Waals surface area contributed by atoms with Gasteiger partial charge in [-0.25, -0.2) is 0 Å². The molecule has 1 rings (SSSR count). The summed E-state index contributed by atoms with van der Waals surface area (Å²) >= 11 is 0. The van der Waals surface area contributed by atoms with Crippen molar-refractivity contribution in [1.82, 2.24) is 0 Å². The average molecular weight is 200 g/mol. The molecule has 0 heterocycles. The van der Waals surface area contributed by atoms with Crippen molar-refractivity contribution in [3.63, 3.8) is 0 Å². The Morgan fingerprint density at radius 1 is 1.36 bits per heavy atom. The van der Waals surface area contributed by atoms with E-state index in [4.69, 9.17) is 5.11 Å². The Balaban J connectivity index is 2.27. The minimum Gasteiger partial charge on any atom is -0.396 e. The quantitative estimate of drug-likeness (QED) is 0.715. The maximum atomic E-state index is 9.91. The van der Waals surface area contributed by atoms with Crippen LogP contribution in [-0.2, 0) is 0 Å². The molecule has 0 spiro atoms. The highest BCUT2D eigenvalue weighted by atomic mass is 16.3. The smallest absolute Gasteiger partial charge is 0.0569 e. The third kappa shape index (κ3) is 3.58. The summed E-state index contributed by atoms with van der Waals surface area (Å²) in [5, 5.41) is 18.6. The van der Waals surface area contributed by atoms with Gasteiger partial charge in [0.15, 0.2) is 0 Å². The number of rotatable bonds is 5. The van der Waals surface area contributed by atoms with Gasteiger partial charge in [0, 0.05) is 6.61 Å². The second-order valence-electron chi connectivity index (χ2n) is 4.63. The highest BCUT2D eigenvalue weighted by molar-refractivity contribution is 4.77. The molecule has 1 aliphatic rings. The fraction of sp³-hybridized carbons (Fsp3) is 1.00. The molecule has 2 N–H and O–H groups in total. The Hall–Kier alpha value is -0.0800. The van der Waals surface area contributed by atoms with E-state index in [2.05, 4.69) is 6.92 Å². The van der Waals surface area contributed by atoms with Gasteiger partial charge < -0.3 is 10.2 Å². The van der Waals surface area contributed by atoms with Crippen LogP contribution in [0.15, 0.2) is 0 Å². The van der Waals surface area contributed by atoms with Crippen LogP contribution in [0.2, 0.25) is 0 Å². The number of aliphatic hydroxyl groups excluding tert-OH is 2. The maximum Gasteiger partial charge on any atom is 0.0569 e. The van der Waals surface area contributed by atoms with E-state index < -0.39 is 0 Å². The van der Waals surface area contributed by atoms with E-state index in [1.54, 1.807) is 0 Å². The highest BCUT2D eigenvalue weighted by Gasteiger charge is 2.25. The van der Waals surface area contributed by atoms with Gasteiger partial charge in [0.2, 0.25) is 0 Å². The molecule has 0 saturated heterocycles. The second kappa shape index (κ2) is 6.41. The van der Waals surface area contributed by atoms with Crippen molar-refractivity contribution in [3.05, 3.63) is 0 Å². The summed E-state index contributed by atoms with van der Waals surface area (Å²) in [6.45, 7) is 2.45. The van der Waals surface area contributed by atoms with Gasteiger partial charge in [0.1, 0.15) is 0 Å². The summed E-state index contributed by atoms with van der Waals surface area (Å²) in [6, 6.07) is 0. The van der Waals surface area contributed by atoms with Crippen LogP contribution in [0.1, 0.15) is 51.9 Å². The first kappa shape index (κ1) is 12.0. The summed E-state index contributed by atoms with van der Waals surface area (Å²) in [5.41, 5.74) is 0. The van der Waals surface area contributed by atoms with Gasteiger partial charge in [-0.3, -0.25) is 0 Å². The second-order valence-corrected chi connectivity index (χ2v) is 4.63. The molecule has 0 aromatic heterocycles. The Bertz CT molecular complexity index is 147. The van der Waals surface area contributed by atoms with Gasteiger partial charge >= 0.3 is 0 Å². The van der Waals surface area contributed by atoms with Crippen LogP contribution < -0.4 is 0 Å². The standard InChI is InChI=1S/C12H24O2/c1-2-10-5-3-6-11(9-10)12(14)7-4-8-13/h10-14H,2-9H2,1H3. The molecule has 1 aliphatic carbocycles. The van der Waals surface area contributed by atoms with Gasteiger partial charge in [0.05, 0.1) is 6.10 Å². The summed E-state index contributed by atoms with van der Waals surface area (Å²) in [7, 11) is 0. The van der Waals surface area contributed by atoms with Crippen LogP contribution in [0.5, 0.6) is 0 Å². The Labute approximate surface area is 87.3 Å². The van der Waals surface area contributed by atoms with E-state index in [0.717, 1.165) is 18.8 Å². The van der Waals surface area contributed by atoms with Gasteiger partial charge in [0.25, 0.3) is 0 Å². The monoisotopic (exact) mass is 200 g/mol. The van der Waals surface area contributed by atoms with Crippen molar-refractivity contribution >= 4 is 0 Å². The minimum atomic E-state index is -0.170. The van der Waals surface area contributed by atoms with Gasteiger partial charge in [-0.15, -0.1) is 0 Å². The average Bonchev–Trinajstić information content (AvgIpc) is 2.26. The maximum absolute atomic E-state index is 9.91. The van der Waals surface area contributed by atoms with Crippen LogP contribution >= 0.6 is 0 Å². The molecule has 0 aliphatic heterocycles. The lowest BCUT2D eigenvalue weighted by atomic mass is 9.77. The molecule has 0 aromatic rings. The van der Waals surface area contributed by atoms with Crippen LogP contribution in [0.25, 0.3) is 0 Å². The van der Waals surface area contributed by atoms with E-state index in [0.29, 0.717) is 5.92 Å². The Morgan fingerprint density at radius 2 is 2.14 bits per heavy atom. The molecular weight excluding hydrogens is 176 g/mol. The highest BCUT2D eigenvalue weighted by Crippen LogP contribution is 2.33. The van der Waals surface area contributed by atoms with E-state index in [-0.39, 0.29) is 12.7 Å². The van der Waals surface area contributed by atoms with E-state index >= 15 is 0 Å². The fourth-order valence-electron chi connectivity index (χ4n) is 2.59. The SMILES string of the molecule is CCC1CCCC(C(O)CCCO)C1. The zero-order chi connectivity index (χ0) is 10.4. The molecule has 84 valence electrons. The molecular formula is C12H24O2. The molecule has 1 saturated carbocycles. The topological polar surface area (TPSA) is 40.5 Å². The summed E-state index contributed by atoms with van der Waals surface area (Å²) in [5.74, 6) is 1.33. The molecule has 3 unspecified atom stereocenters. The predicted octanol–water partition coefficient (Wildman–Crippen LogP) is 2.34. The van der Waals surface area contributed by atoms with Gasteiger partial charge in [-0.05, 0) is 37.5 Å². The molecule has 2 nitrogen and oxygen atoms in total.